The Balaban J connectivity index is 2.40. The van der Waals surface area contributed by atoms with Gasteiger partial charge < -0.3 is 20.8 Å². The van der Waals surface area contributed by atoms with Crippen molar-refractivity contribution in [3.8, 4) is 0 Å². The average Bonchev–Trinajstić information content (AvgIpc) is 2.37. The number of thioether (sulfide) groups is 1. The second kappa shape index (κ2) is 7.00. The molecule has 4 N–H and O–H groups in total. The first-order chi connectivity index (χ1) is 8.86. The number of urea groups is 1. The van der Waals surface area contributed by atoms with E-state index < -0.39 is 17.6 Å². The Labute approximate surface area is 117 Å². The number of carbonyl (C=O) groups excluding carboxylic acids is 1. The lowest BCUT2D eigenvalue weighted by Gasteiger charge is -2.31. The van der Waals surface area contributed by atoms with Crippen molar-refractivity contribution in [3.05, 3.63) is 0 Å². The molecule has 3 unspecified atom stereocenters. The molecule has 0 heterocycles. The predicted molar refractivity (Wildman–Crippen MR) is 74.4 cm³/mol. The summed E-state index contributed by atoms with van der Waals surface area (Å²) in [6, 6.07) is -0.314. The number of nitrogens with one attached hydrogen (secondary N) is 2. The number of hydrogen-bond donors (Lipinski definition) is 4. The van der Waals surface area contributed by atoms with Gasteiger partial charge in [-0.2, -0.15) is 11.8 Å². The van der Waals surface area contributed by atoms with Gasteiger partial charge in [0.25, 0.3) is 0 Å². The van der Waals surface area contributed by atoms with E-state index in [0.717, 1.165) is 26.2 Å². The molecule has 0 aliphatic heterocycles. The molecule has 1 aliphatic carbocycles. The van der Waals surface area contributed by atoms with Gasteiger partial charge in [0.05, 0.1) is 6.54 Å². The van der Waals surface area contributed by atoms with Crippen LogP contribution >= 0.6 is 11.8 Å². The molecule has 1 saturated carbocycles. The molecular formula is C12H22N2O4S. The van der Waals surface area contributed by atoms with Crippen LogP contribution in [0.25, 0.3) is 0 Å². The summed E-state index contributed by atoms with van der Waals surface area (Å²) in [5, 5.41) is 23.9. The minimum atomic E-state index is -1.94. The zero-order valence-electron chi connectivity index (χ0n) is 11.3. The fourth-order valence-corrected chi connectivity index (χ4v) is 3.03. The van der Waals surface area contributed by atoms with E-state index in [9.17, 15) is 14.7 Å². The number of carboxylic acid groups (broad SMARTS) is 1. The molecule has 6 nitrogen and oxygen atoms in total. The number of amides is 2. The molecule has 110 valence electrons. The van der Waals surface area contributed by atoms with Crippen LogP contribution in [-0.2, 0) is 4.79 Å². The van der Waals surface area contributed by atoms with Crippen LogP contribution in [0, 0.1) is 0 Å². The van der Waals surface area contributed by atoms with Crippen molar-refractivity contribution in [2.24, 2.45) is 0 Å². The second-order valence-electron chi connectivity index (χ2n) is 5.07. The van der Waals surface area contributed by atoms with Crippen molar-refractivity contribution in [2.75, 3.05) is 12.8 Å². The zero-order valence-corrected chi connectivity index (χ0v) is 12.1. The van der Waals surface area contributed by atoms with E-state index >= 15 is 0 Å². The highest BCUT2D eigenvalue weighted by Gasteiger charge is 2.31. The van der Waals surface area contributed by atoms with Crippen LogP contribution in [0.4, 0.5) is 4.79 Å². The maximum atomic E-state index is 11.7. The second-order valence-corrected chi connectivity index (χ2v) is 6.15. The third-order valence-electron chi connectivity index (χ3n) is 3.38. The van der Waals surface area contributed by atoms with Gasteiger partial charge in [-0.3, -0.25) is 0 Å². The normalized spacial score (nSPS) is 26.3. The van der Waals surface area contributed by atoms with E-state index in [2.05, 4.69) is 10.6 Å². The van der Waals surface area contributed by atoms with Crippen molar-refractivity contribution in [2.45, 2.75) is 49.5 Å². The number of carboxylic acids is 1. The zero-order chi connectivity index (χ0) is 14.5. The van der Waals surface area contributed by atoms with Crippen LogP contribution in [0.1, 0.15) is 32.6 Å². The Bertz CT molecular complexity index is 336. The molecule has 0 radical (unpaired) electrons. The van der Waals surface area contributed by atoms with Gasteiger partial charge in [0.15, 0.2) is 5.60 Å². The molecule has 1 rings (SSSR count). The molecule has 1 aliphatic rings. The monoisotopic (exact) mass is 290 g/mol. The van der Waals surface area contributed by atoms with E-state index in [1.165, 1.54) is 6.42 Å². The van der Waals surface area contributed by atoms with E-state index in [-0.39, 0.29) is 12.6 Å². The Morgan fingerprint density at radius 1 is 1.37 bits per heavy atom. The summed E-state index contributed by atoms with van der Waals surface area (Å²) < 4.78 is 0. The van der Waals surface area contributed by atoms with Crippen molar-refractivity contribution in [1.29, 1.82) is 0 Å². The number of aliphatic carboxylic acids is 1. The van der Waals surface area contributed by atoms with Crippen molar-refractivity contribution in [3.63, 3.8) is 0 Å². The fraction of sp³-hybridized carbons (Fsp3) is 0.833. The molecule has 0 aromatic rings. The topological polar surface area (TPSA) is 98.7 Å². The highest BCUT2D eigenvalue weighted by atomic mass is 32.2. The summed E-state index contributed by atoms with van der Waals surface area (Å²) in [6.07, 6.45) is 6.32. The lowest BCUT2D eigenvalue weighted by Crippen LogP contribution is -2.52. The minimum Gasteiger partial charge on any atom is -0.479 e. The lowest BCUT2D eigenvalue weighted by molar-refractivity contribution is -0.155. The van der Waals surface area contributed by atoms with Crippen LogP contribution in [0.2, 0.25) is 0 Å². The largest absolute Gasteiger partial charge is 0.479 e. The molecule has 19 heavy (non-hydrogen) atoms. The summed E-state index contributed by atoms with van der Waals surface area (Å²) >= 11 is 1.74. The Hall–Kier alpha value is -0.950. The fourth-order valence-electron chi connectivity index (χ4n) is 2.09. The van der Waals surface area contributed by atoms with Crippen LogP contribution in [-0.4, -0.2) is 51.9 Å². The van der Waals surface area contributed by atoms with Gasteiger partial charge in [-0.15, -0.1) is 0 Å². The number of rotatable bonds is 5. The molecule has 0 aromatic heterocycles. The van der Waals surface area contributed by atoms with Crippen LogP contribution in [0.15, 0.2) is 0 Å². The maximum Gasteiger partial charge on any atom is 0.337 e. The molecule has 3 atom stereocenters. The van der Waals surface area contributed by atoms with Crippen LogP contribution < -0.4 is 10.6 Å². The highest BCUT2D eigenvalue weighted by Crippen LogP contribution is 2.26. The van der Waals surface area contributed by atoms with E-state index in [1.54, 1.807) is 11.8 Å². The molecule has 0 spiro atoms. The van der Waals surface area contributed by atoms with E-state index in [0.29, 0.717) is 5.25 Å². The van der Waals surface area contributed by atoms with Crippen molar-refractivity contribution in [1.82, 2.24) is 10.6 Å². The standard InChI is InChI=1S/C12H22N2O4S/c1-12(18,10(15)16)7-13-11(17)14-8-5-3-4-6-9(8)19-2/h8-9,18H,3-7H2,1-2H3,(H,15,16)(H2,13,14,17). The molecule has 0 saturated heterocycles. The minimum absolute atomic E-state index is 0.110. The van der Waals surface area contributed by atoms with Gasteiger partial charge in [-0.05, 0) is 26.0 Å². The summed E-state index contributed by atoms with van der Waals surface area (Å²) in [5.41, 5.74) is -1.94. The predicted octanol–water partition coefficient (Wildman–Crippen LogP) is 0.795. The van der Waals surface area contributed by atoms with E-state index in [4.69, 9.17) is 5.11 Å². The van der Waals surface area contributed by atoms with Crippen LogP contribution in [0.5, 0.6) is 0 Å². The summed E-state index contributed by atoms with van der Waals surface area (Å²) in [4.78, 5) is 22.4. The van der Waals surface area contributed by atoms with Gasteiger partial charge >= 0.3 is 12.0 Å². The summed E-state index contributed by atoms with van der Waals surface area (Å²) in [6.45, 7) is 0.839. The average molecular weight is 290 g/mol. The first-order valence-corrected chi connectivity index (χ1v) is 7.68. The lowest BCUT2D eigenvalue weighted by atomic mass is 9.95. The molecule has 1 fully saturated rings. The Morgan fingerprint density at radius 2 is 2.00 bits per heavy atom. The van der Waals surface area contributed by atoms with Gasteiger partial charge in [-0.1, -0.05) is 12.8 Å². The van der Waals surface area contributed by atoms with Gasteiger partial charge in [0.2, 0.25) is 0 Å². The first-order valence-electron chi connectivity index (χ1n) is 6.40. The van der Waals surface area contributed by atoms with Crippen molar-refractivity contribution >= 4 is 23.8 Å². The quantitative estimate of drug-likeness (QED) is 0.600. The van der Waals surface area contributed by atoms with Gasteiger partial charge in [0.1, 0.15) is 0 Å². The molecule has 7 heteroatoms. The first kappa shape index (κ1) is 16.1. The van der Waals surface area contributed by atoms with Crippen molar-refractivity contribution < 1.29 is 19.8 Å². The Morgan fingerprint density at radius 3 is 2.58 bits per heavy atom. The highest BCUT2D eigenvalue weighted by molar-refractivity contribution is 7.99. The third kappa shape index (κ3) is 4.91. The number of carbonyl (C=O) groups is 2. The van der Waals surface area contributed by atoms with Gasteiger partial charge in [0, 0.05) is 11.3 Å². The van der Waals surface area contributed by atoms with Gasteiger partial charge in [-0.25, -0.2) is 9.59 Å². The summed E-state index contributed by atoms with van der Waals surface area (Å²) in [7, 11) is 0. The van der Waals surface area contributed by atoms with Crippen LogP contribution in [0.3, 0.4) is 0 Å². The molecule has 0 aromatic carbocycles. The van der Waals surface area contributed by atoms with E-state index in [1.807, 2.05) is 6.26 Å². The Kier molecular flexibility index (Phi) is 5.93. The summed E-state index contributed by atoms with van der Waals surface area (Å²) in [5.74, 6) is -1.35. The maximum absolute atomic E-state index is 11.7. The molecular weight excluding hydrogens is 268 g/mol. The smallest absolute Gasteiger partial charge is 0.337 e. The molecule has 2 amide bonds. The third-order valence-corrected chi connectivity index (χ3v) is 4.55. The number of aliphatic hydroxyl groups is 1. The number of hydrogen-bond acceptors (Lipinski definition) is 4. The molecule has 0 bridgehead atoms. The SMILES string of the molecule is CSC1CCCCC1NC(=O)NCC(C)(O)C(=O)O.